The van der Waals surface area contributed by atoms with Crippen molar-refractivity contribution in [3.8, 4) is 0 Å². The first-order valence-electron chi connectivity index (χ1n) is 12.3. The molecule has 0 aromatic rings. The maximum absolute atomic E-state index is 9.61. The quantitative estimate of drug-likeness (QED) is 0.141. The number of rotatable bonds is 20. The molecule has 0 fully saturated rings. The molecule has 1 unspecified atom stereocenters. The van der Waals surface area contributed by atoms with Crippen molar-refractivity contribution < 1.29 is 14.4 Å². The van der Waals surface area contributed by atoms with Gasteiger partial charge in [-0.3, -0.25) is 0 Å². The summed E-state index contributed by atoms with van der Waals surface area (Å²) in [6.07, 6.45) is 21.5. The molecule has 0 saturated carbocycles. The van der Waals surface area contributed by atoms with Gasteiger partial charge in [0.05, 0.1) is 0 Å². The lowest BCUT2D eigenvalue weighted by molar-refractivity contribution is 0.138. The maximum Gasteiger partial charge on any atom is 0.515 e. The summed E-state index contributed by atoms with van der Waals surface area (Å²) in [6, 6.07) is 0. The van der Waals surface area contributed by atoms with Crippen LogP contribution in [-0.2, 0) is 0 Å². The Labute approximate surface area is 182 Å². The van der Waals surface area contributed by atoms with E-state index in [0.717, 1.165) is 13.0 Å². The summed E-state index contributed by atoms with van der Waals surface area (Å²) in [7, 11) is -4.42. The van der Waals surface area contributed by atoms with Crippen LogP contribution in [0, 0.1) is 0 Å². The molecule has 0 amide bonds. The summed E-state index contributed by atoms with van der Waals surface area (Å²) >= 11 is 0. The largest absolute Gasteiger partial charge is 0.515 e. The van der Waals surface area contributed by atoms with Gasteiger partial charge in [-0.05, 0) is 33.7 Å². The predicted octanol–water partition coefficient (Wildman–Crippen LogP) is 4.79. The Morgan fingerprint density at radius 2 is 0.931 bits per heavy atom. The highest BCUT2D eigenvalue weighted by Crippen LogP contribution is 2.24. The van der Waals surface area contributed by atoms with Crippen LogP contribution in [0.4, 0.5) is 0 Å². The van der Waals surface area contributed by atoms with Gasteiger partial charge >= 0.3 is 8.80 Å². The van der Waals surface area contributed by atoms with Crippen molar-refractivity contribution in [3.63, 3.8) is 0 Å². The third-order valence-corrected chi connectivity index (χ3v) is 8.61. The lowest BCUT2D eigenvalue weighted by atomic mass is 9.95. The molecule has 0 saturated heterocycles. The van der Waals surface area contributed by atoms with E-state index in [2.05, 4.69) is 12.2 Å². The van der Waals surface area contributed by atoms with Crippen LogP contribution in [0.3, 0.4) is 0 Å². The van der Waals surface area contributed by atoms with Crippen molar-refractivity contribution in [1.29, 1.82) is 0 Å². The van der Waals surface area contributed by atoms with E-state index in [4.69, 9.17) is 5.73 Å². The summed E-state index contributed by atoms with van der Waals surface area (Å²) in [4.78, 5) is 28.8. The molecule has 176 valence electrons. The number of nitrogens with two attached hydrogens (primary N) is 1. The third kappa shape index (κ3) is 13.1. The zero-order valence-corrected chi connectivity index (χ0v) is 20.9. The zero-order valence-electron chi connectivity index (χ0n) is 19.9. The summed E-state index contributed by atoms with van der Waals surface area (Å²) in [6.45, 7) is 8.16. The summed E-state index contributed by atoms with van der Waals surface area (Å²) in [5.41, 5.74) is 5.25. The van der Waals surface area contributed by atoms with Crippen LogP contribution in [-0.4, -0.2) is 40.4 Å². The summed E-state index contributed by atoms with van der Waals surface area (Å²) < 4.78 is 0. The van der Waals surface area contributed by atoms with Gasteiger partial charge in [-0.2, -0.15) is 0 Å². The van der Waals surface area contributed by atoms with E-state index in [1.807, 2.05) is 13.8 Å². The molecule has 6 N–H and O–H groups in total. The van der Waals surface area contributed by atoms with E-state index >= 15 is 0 Å². The van der Waals surface area contributed by atoms with Crippen LogP contribution in [0.2, 0.25) is 0 Å². The Morgan fingerprint density at radius 3 is 1.24 bits per heavy atom. The van der Waals surface area contributed by atoms with Gasteiger partial charge in [-0.1, -0.05) is 103 Å². The normalized spacial score (nSPS) is 14.9. The molecule has 0 aliphatic heterocycles. The second kappa shape index (κ2) is 15.8. The molecule has 29 heavy (non-hydrogen) atoms. The number of hydrogen-bond donors (Lipinski definition) is 5. The van der Waals surface area contributed by atoms with Crippen molar-refractivity contribution in [2.75, 3.05) is 6.54 Å². The SMILES string of the molecule is CCCCCCCCCCCCCCCCCCNC(C)(C)C(C)(N)[Si](O)(O)O. The van der Waals surface area contributed by atoms with Crippen LogP contribution in [0.15, 0.2) is 0 Å². The van der Waals surface area contributed by atoms with E-state index in [0.29, 0.717) is 0 Å². The van der Waals surface area contributed by atoms with Gasteiger partial charge in [0.15, 0.2) is 0 Å². The topological polar surface area (TPSA) is 98.7 Å². The Hall–Kier alpha value is 0.0169. The average molecular weight is 433 g/mol. The highest BCUT2D eigenvalue weighted by Gasteiger charge is 2.56. The highest BCUT2D eigenvalue weighted by molar-refractivity contribution is 6.60. The second-order valence-corrected chi connectivity index (χ2v) is 12.0. The van der Waals surface area contributed by atoms with Crippen molar-refractivity contribution in [3.05, 3.63) is 0 Å². The fraction of sp³-hybridized carbons (Fsp3) is 1.00. The van der Waals surface area contributed by atoms with Crippen LogP contribution in [0.25, 0.3) is 0 Å². The Morgan fingerprint density at radius 1 is 0.621 bits per heavy atom. The van der Waals surface area contributed by atoms with E-state index in [-0.39, 0.29) is 0 Å². The van der Waals surface area contributed by atoms with Gasteiger partial charge in [0.1, 0.15) is 5.16 Å². The van der Waals surface area contributed by atoms with Gasteiger partial charge in [0, 0.05) is 5.54 Å². The van der Waals surface area contributed by atoms with Gasteiger partial charge in [0.25, 0.3) is 0 Å². The average Bonchev–Trinajstić information content (AvgIpc) is 2.63. The van der Waals surface area contributed by atoms with E-state index in [1.54, 1.807) is 0 Å². The molecule has 0 aliphatic carbocycles. The molecule has 6 heteroatoms. The third-order valence-electron chi connectivity index (χ3n) is 6.59. The van der Waals surface area contributed by atoms with Crippen LogP contribution < -0.4 is 11.1 Å². The molecule has 0 aromatic heterocycles. The van der Waals surface area contributed by atoms with E-state index < -0.39 is 19.5 Å². The lowest BCUT2D eigenvalue weighted by Gasteiger charge is -2.44. The molecule has 0 bridgehead atoms. The molecule has 5 nitrogen and oxygen atoms in total. The number of nitrogens with one attached hydrogen (secondary N) is 1. The first-order chi connectivity index (χ1) is 13.6. The molecule has 0 rings (SSSR count). The first kappa shape index (κ1) is 29.0. The molecular formula is C23H52N2O3Si. The number of hydrogen-bond acceptors (Lipinski definition) is 5. The Kier molecular flexibility index (Phi) is 15.8. The van der Waals surface area contributed by atoms with Gasteiger partial charge in [-0.25, -0.2) is 0 Å². The second-order valence-electron chi connectivity index (χ2n) is 9.69. The van der Waals surface area contributed by atoms with Gasteiger partial charge in [-0.15, -0.1) is 0 Å². The minimum absolute atomic E-state index is 0.743. The maximum atomic E-state index is 9.61. The van der Waals surface area contributed by atoms with Gasteiger partial charge < -0.3 is 25.4 Å². The molecule has 0 heterocycles. The first-order valence-corrected chi connectivity index (χ1v) is 14.1. The van der Waals surface area contributed by atoms with E-state index in [1.165, 1.54) is 103 Å². The van der Waals surface area contributed by atoms with E-state index in [9.17, 15) is 14.4 Å². The monoisotopic (exact) mass is 432 g/mol. The van der Waals surface area contributed by atoms with Crippen LogP contribution >= 0.6 is 0 Å². The molecule has 0 aromatic carbocycles. The summed E-state index contributed by atoms with van der Waals surface area (Å²) in [5, 5.41) is 1.85. The standard InChI is InChI=1S/C23H52N2O3Si/c1-5-6-7-8-9-10-11-12-13-14-15-16-17-18-19-20-21-25-22(2,3)23(4,24)29(26,27)28/h25-28H,5-21,24H2,1-4H3. The molecule has 0 radical (unpaired) electrons. The molecule has 0 aliphatic rings. The fourth-order valence-electron chi connectivity index (χ4n) is 3.68. The van der Waals surface area contributed by atoms with Crippen molar-refractivity contribution in [2.45, 2.75) is 141 Å². The van der Waals surface area contributed by atoms with Crippen LogP contribution in [0.5, 0.6) is 0 Å². The highest BCUT2D eigenvalue weighted by atomic mass is 28.4. The summed E-state index contributed by atoms with van der Waals surface area (Å²) in [5.74, 6) is 0. The van der Waals surface area contributed by atoms with Crippen molar-refractivity contribution in [1.82, 2.24) is 5.32 Å². The minimum Gasteiger partial charge on any atom is -0.389 e. The smallest absolute Gasteiger partial charge is 0.389 e. The molecule has 1 atom stereocenters. The predicted molar refractivity (Wildman–Crippen MR) is 127 cm³/mol. The Balaban J connectivity index is 3.46. The lowest BCUT2D eigenvalue weighted by Crippen LogP contribution is -2.77. The van der Waals surface area contributed by atoms with Crippen LogP contribution in [0.1, 0.15) is 130 Å². The number of unbranched alkanes of at least 4 members (excludes halogenated alkanes) is 15. The fourth-order valence-corrected chi connectivity index (χ4v) is 4.60. The van der Waals surface area contributed by atoms with Crippen molar-refractivity contribution in [2.24, 2.45) is 5.73 Å². The molecular weight excluding hydrogens is 380 g/mol. The van der Waals surface area contributed by atoms with Gasteiger partial charge in [0.2, 0.25) is 0 Å². The molecule has 0 spiro atoms. The zero-order chi connectivity index (χ0) is 22.2. The Bertz CT molecular complexity index is 385. The van der Waals surface area contributed by atoms with Crippen molar-refractivity contribution >= 4 is 8.80 Å². The minimum atomic E-state index is -4.42.